The molecule has 7 heteroatoms. The summed E-state index contributed by atoms with van der Waals surface area (Å²) in [6.45, 7) is 1.58. The van der Waals surface area contributed by atoms with Crippen molar-refractivity contribution in [3.05, 3.63) is 53.5 Å². The number of halogens is 1. The number of carbonyl (C=O) groups excluding carboxylic acids is 1. The molecule has 2 heterocycles. The van der Waals surface area contributed by atoms with E-state index in [2.05, 4.69) is 20.8 Å². The molecule has 0 aliphatic carbocycles. The first-order chi connectivity index (χ1) is 11.7. The highest BCUT2D eigenvalue weighted by Crippen LogP contribution is 2.12. The van der Waals surface area contributed by atoms with Gasteiger partial charge >= 0.3 is 0 Å². The van der Waals surface area contributed by atoms with Crippen LogP contribution in [0.15, 0.2) is 36.4 Å². The maximum Gasteiger partial charge on any atom is 0.272 e. The fourth-order valence-electron chi connectivity index (χ4n) is 2.48. The van der Waals surface area contributed by atoms with Crippen LogP contribution in [0, 0.1) is 5.82 Å². The van der Waals surface area contributed by atoms with E-state index in [0.717, 1.165) is 19.4 Å². The van der Waals surface area contributed by atoms with E-state index in [4.69, 9.17) is 4.74 Å². The van der Waals surface area contributed by atoms with Crippen LogP contribution in [0.1, 0.15) is 28.9 Å². The summed E-state index contributed by atoms with van der Waals surface area (Å²) < 4.78 is 19.0. The molecule has 1 aromatic carbocycles. The van der Waals surface area contributed by atoms with Crippen LogP contribution in [0.25, 0.3) is 0 Å². The lowest BCUT2D eigenvalue weighted by Gasteiger charge is -2.11. The number of carbonyl (C=O) groups is 1. The minimum Gasteiger partial charge on any atom is -0.376 e. The lowest BCUT2D eigenvalue weighted by atomic mass is 10.2. The van der Waals surface area contributed by atoms with Gasteiger partial charge in [-0.1, -0.05) is 18.2 Å². The molecule has 1 aliphatic rings. The fourth-order valence-corrected chi connectivity index (χ4v) is 2.48. The summed E-state index contributed by atoms with van der Waals surface area (Å²) in [5.74, 6) is -0.148. The van der Waals surface area contributed by atoms with Gasteiger partial charge in [0, 0.05) is 25.3 Å². The summed E-state index contributed by atoms with van der Waals surface area (Å²) >= 11 is 0. The summed E-state index contributed by atoms with van der Waals surface area (Å²) in [6.07, 6.45) is 2.33. The molecule has 1 aliphatic heterocycles. The second kappa shape index (κ2) is 7.83. The standard InChI is InChI=1S/C17H19FN4O2/c18-14-6-2-1-4-12(14)10-20-17(23)15-7-8-16(22-21-15)19-11-13-5-3-9-24-13/h1-2,4,6-8,13H,3,5,9-11H2,(H,19,22)(H,20,23). The molecular weight excluding hydrogens is 311 g/mol. The number of aromatic nitrogens is 2. The molecule has 6 nitrogen and oxygen atoms in total. The minimum absolute atomic E-state index is 0.103. The molecule has 126 valence electrons. The monoisotopic (exact) mass is 330 g/mol. The molecule has 1 fully saturated rings. The molecule has 1 aromatic heterocycles. The van der Waals surface area contributed by atoms with Gasteiger partial charge in [0.05, 0.1) is 6.10 Å². The van der Waals surface area contributed by atoms with E-state index in [-0.39, 0.29) is 24.2 Å². The largest absolute Gasteiger partial charge is 0.376 e. The van der Waals surface area contributed by atoms with E-state index < -0.39 is 5.91 Å². The third-order valence-electron chi connectivity index (χ3n) is 3.83. The quantitative estimate of drug-likeness (QED) is 0.849. The van der Waals surface area contributed by atoms with Crippen molar-refractivity contribution in [1.82, 2.24) is 15.5 Å². The molecule has 1 amide bonds. The molecule has 0 bridgehead atoms. The summed E-state index contributed by atoms with van der Waals surface area (Å²) in [5, 5.41) is 13.6. The smallest absolute Gasteiger partial charge is 0.272 e. The number of ether oxygens (including phenoxy) is 1. The number of hydrogen-bond donors (Lipinski definition) is 2. The van der Waals surface area contributed by atoms with Gasteiger partial charge in [-0.05, 0) is 31.0 Å². The van der Waals surface area contributed by atoms with Gasteiger partial charge < -0.3 is 15.4 Å². The molecular formula is C17H19FN4O2. The summed E-state index contributed by atoms with van der Waals surface area (Å²) in [7, 11) is 0. The maximum absolute atomic E-state index is 13.5. The average Bonchev–Trinajstić information content (AvgIpc) is 3.13. The molecule has 2 aromatic rings. The van der Waals surface area contributed by atoms with Crippen molar-refractivity contribution in [2.45, 2.75) is 25.5 Å². The molecule has 0 spiro atoms. The first kappa shape index (κ1) is 16.3. The van der Waals surface area contributed by atoms with Crippen molar-refractivity contribution in [3.63, 3.8) is 0 Å². The number of hydrogen-bond acceptors (Lipinski definition) is 5. The number of amides is 1. The van der Waals surface area contributed by atoms with Crippen LogP contribution in [0.2, 0.25) is 0 Å². The third kappa shape index (κ3) is 4.26. The van der Waals surface area contributed by atoms with Crippen molar-refractivity contribution in [2.24, 2.45) is 0 Å². The SMILES string of the molecule is O=C(NCc1ccccc1F)c1ccc(NCC2CCCO2)nn1. The van der Waals surface area contributed by atoms with Crippen molar-refractivity contribution in [2.75, 3.05) is 18.5 Å². The van der Waals surface area contributed by atoms with Gasteiger partial charge in [0.15, 0.2) is 5.69 Å². The van der Waals surface area contributed by atoms with Crippen LogP contribution >= 0.6 is 0 Å². The topological polar surface area (TPSA) is 76.1 Å². The Kier molecular flexibility index (Phi) is 5.32. The second-order valence-electron chi connectivity index (χ2n) is 5.59. The predicted molar refractivity (Wildman–Crippen MR) is 87.1 cm³/mol. The van der Waals surface area contributed by atoms with Crippen LogP contribution in [0.3, 0.4) is 0 Å². The van der Waals surface area contributed by atoms with Gasteiger partial charge in [-0.25, -0.2) is 4.39 Å². The van der Waals surface area contributed by atoms with E-state index in [0.29, 0.717) is 17.9 Å². The van der Waals surface area contributed by atoms with Crippen LogP contribution in [-0.2, 0) is 11.3 Å². The zero-order valence-electron chi connectivity index (χ0n) is 13.2. The normalized spacial score (nSPS) is 16.8. The molecule has 0 radical (unpaired) electrons. The Hall–Kier alpha value is -2.54. The Morgan fingerprint density at radius 1 is 1.25 bits per heavy atom. The molecule has 0 saturated carbocycles. The van der Waals surface area contributed by atoms with E-state index in [9.17, 15) is 9.18 Å². The zero-order chi connectivity index (χ0) is 16.8. The maximum atomic E-state index is 13.5. The fraction of sp³-hybridized carbons (Fsp3) is 0.353. The Morgan fingerprint density at radius 2 is 2.12 bits per heavy atom. The van der Waals surface area contributed by atoms with E-state index >= 15 is 0 Å². The minimum atomic E-state index is -0.392. The van der Waals surface area contributed by atoms with Gasteiger partial charge in [-0.2, -0.15) is 0 Å². The van der Waals surface area contributed by atoms with Gasteiger partial charge in [-0.15, -0.1) is 10.2 Å². The number of nitrogens with zero attached hydrogens (tertiary/aromatic N) is 2. The number of rotatable bonds is 6. The molecule has 24 heavy (non-hydrogen) atoms. The number of nitrogens with one attached hydrogen (secondary N) is 2. The number of anilines is 1. The van der Waals surface area contributed by atoms with Crippen LogP contribution in [-0.4, -0.2) is 35.4 Å². The van der Waals surface area contributed by atoms with E-state index in [1.165, 1.54) is 6.07 Å². The van der Waals surface area contributed by atoms with Crippen LogP contribution in [0.5, 0.6) is 0 Å². The Morgan fingerprint density at radius 3 is 2.83 bits per heavy atom. The van der Waals surface area contributed by atoms with Crippen molar-refractivity contribution in [3.8, 4) is 0 Å². The van der Waals surface area contributed by atoms with Gasteiger partial charge in [-0.3, -0.25) is 4.79 Å². The van der Waals surface area contributed by atoms with Gasteiger partial charge in [0.25, 0.3) is 5.91 Å². The lowest BCUT2D eigenvalue weighted by Crippen LogP contribution is -2.25. The summed E-state index contributed by atoms with van der Waals surface area (Å²) in [4.78, 5) is 12.0. The Bertz CT molecular complexity index is 687. The average molecular weight is 330 g/mol. The zero-order valence-corrected chi connectivity index (χ0v) is 13.2. The van der Waals surface area contributed by atoms with Crippen LogP contribution in [0.4, 0.5) is 10.2 Å². The molecule has 1 atom stereocenters. The first-order valence-corrected chi connectivity index (χ1v) is 7.93. The third-order valence-corrected chi connectivity index (χ3v) is 3.83. The summed E-state index contributed by atoms with van der Waals surface area (Å²) in [6, 6.07) is 9.59. The number of benzene rings is 1. The Labute approximate surface area is 139 Å². The highest BCUT2D eigenvalue weighted by Gasteiger charge is 2.15. The van der Waals surface area contributed by atoms with Gasteiger partial charge in [0.1, 0.15) is 11.6 Å². The molecule has 3 rings (SSSR count). The molecule has 2 N–H and O–H groups in total. The highest BCUT2D eigenvalue weighted by molar-refractivity contribution is 5.92. The van der Waals surface area contributed by atoms with Crippen molar-refractivity contribution < 1.29 is 13.9 Å². The molecule has 1 unspecified atom stereocenters. The van der Waals surface area contributed by atoms with E-state index in [1.54, 1.807) is 30.3 Å². The second-order valence-corrected chi connectivity index (χ2v) is 5.59. The van der Waals surface area contributed by atoms with Crippen LogP contribution < -0.4 is 10.6 Å². The first-order valence-electron chi connectivity index (χ1n) is 7.93. The Balaban J connectivity index is 1.50. The predicted octanol–water partition coefficient (Wildman–Crippen LogP) is 2.14. The summed E-state index contributed by atoms with van der Waals surface area (Å²) in [5.41, 5.74) is 0.614. The van der Waals surface area contributed by atoms with E-state index in [1.807, 2.05) is 0 Å². The highest BCUT2D eigenvalue weighted by atomic mass is 19.1. The van der Waals surface area contributed by atoms with Gasteiger partial charge in [0.2, 0.25) is 0 Å². The van der Waals surface area contributed by atoms with Crippen molar-refractivity contribution in [1.29, 1.82) is 0 Å². The molecule has 1 saturated heterocycles. The lowest BCUT2D eigenvalue weighted by molar-refractivity contribution is 0.0944. The van der Waals surface area contributed by atoms with Crippen molar-refractivity contribution >= 4 is 11.7 Å².